The fraction of sp³-hybridized carbons (Fsp3) is 0.600. The highest BCUT2D eigenvalue weighted by molar-refractivity contribution is 6.20. The monoisotopic (exact) mass is 270 g/mol. The van der Waals surface area contributed by atoms with Crippen molar-refractivity contribution >= 4 is 11.6 Å². The second-order valence-corrected chi connectivity index (χ2v) is 5.24. The van der Waals surface area contributed by atoms with Gasteiger partial charge in [-0.1, -0.05) is 26.3 Å². The van der Waals surface area contributed by atoms with Crippen molar-refractivity contribution < 1.29 is 9.47 Å². The van der Waals surface area contributed by atoms with E-state index in [9.17, 15) is 0 Å². The molecule has 0 amide bonds. The smallest absolute Gasteiger partial charge is 0.160 e. The lowest BCUT2D eigenvalue weighted by Crippen LogP contribution is -2.14. The molecule has 0 aliphatic carbocycles. The Bertz CT molecular complexity index is 366. The third-order valence-electron chi connectivity index (χ3n) is 3.24. The average molecular weight is 271 g/mol. The van der Waals surface area contributed by atoms with E-state index < -0.39 is 0 Å². The highest BCUT2D eigenvalue weighted by Crippen LogP contribution is 2.29. The molecular weight excluding hydrogens is 248 g/mol. The molecule has 0 spiro atoms. The van der Waals surface area contributed by atoms with Gasteiger partial charge in [0.2, 0.25) is 0 Å². The molecule has 0 bridgehead atoms. The summed E-state index contributed by atoms with van der Waals surface area (Å²) in [6.07, 6.45) is 3.21. The summed E-state index contributed by atoms with van der Waals surface area (Å²) < 4.78 is 10.5. The van der Waals surface area contributed by atoms with E-state index in [1.807, 2.05) is 12.1 Å². The van der Waals surface area contributed by atoms with Crippen molar-refractivity contribution in [3.63, 3.8) is 0 Å². The molecular formula is C15H23ClO2. The van der Waals surface area contributed by atoms with Crippen LogP contribution in [0.5, 0.6) is 11.5 Å². The average Bonchev–Trinajstić information content (AvgIpc) is 2.38. The second-order valence-electron chi connectivity index (χ2n) is 4.68. The molecule has 0 fully saturated rings. The number of benzene rings is 1. The molecule has 0 N–H and O–H groups in total. The molecule has 0 aliphatic heterocycles. The van der Waals surface area contributed by atoms with Crippen molar-refractivity contribution in [2.75, 3.05) is 14.2 Å². The fourth-order valence-corrected chi connectivity index (χ4v) is 2.37. The topological polar surface area (TPSA) is 18.5 Å². The Kier molecular flexibility index (Phi) is 6.34. The summed E-state index contributed by atoms with van der Waals surface area (Å²) in [6.45, 7) is 4.40. The van der Waals surface area contributed by atoms with Crippen LogP contribution >= 0.6 is 11.6 Å². The minimum Gasteiger partial charge on any atom is -0.493 e. The van der Waals surface area contributed by atoms with E-state index in [1.54, 1.807) is 14.2 Å². The first-order valence-electron chi connectivity index (χ1n) is 6.47. The maximum Gasteiger partial charge on any atom is 0.160 e. The van der Waals surface area contributed by atoms with Gasteiger partial charge in [0.15, 0.2) is 11.5 Å². The van der Waals surface area contributed by atoms with Crippen LogP contribution in [0.25, 0.3) is 0 Å². The largest absolute Gasteiger partial charge is 0.493 e. The van der Waals surface area contributed by atoms with E-state index in [0.717, 1.165) is 17.9 Å². The Morgan fingerprint density at radius 3 is 2.39 bits per heavy atom. The van der Waals surface area contributed by atoms with Gasteiger partial charge in [0.1, 0.15) is 0 Å². The van der Waals surface area contributed by atoms with Crippen LogP contribution in [0.15, 0.2) is 18.2 Å². The number of alkyl halides is 1. The lowest BCUT2D eigenvalue weighted by molar-refractivity contribution is 0.354. The van der Waals surface area contributed by atoms with E-state index in [0.29, 0.717) is 5.92 Å². The number of hydrogen-bond acceptors (Lipinski definition) is 2. The van der Waals surface area contributed by atoms with Crippen LogP contribution < -0.4 is 9.47 Å². The molecule has 0 heterocycles. The van der Waals surface area contributed by atoms with Crippen LogP contribution in [-0.4, -0.2) is 19.6 Å². The first kappa shape index (κ1) is 15.2. The zero-order chi connectivity index (χ0) is 13.5. The standard InChI is InChI=1S/C15H23ClO2/c1-5-6-11(2)13(16)9-12-7-8-14(17-3)15(10-12)18-4/h7-8,10-11,13H,5-6,9H2,1-4H3. The van der Waals surface area contributed by atoms with Crippen LogP contribution in [-0.2, 0) is 6.42 Å². The lowest BCUT2D eigenvalue weighted by atomic mass is 9.96. The van der Waals surface area contributed by atoms with Gasteiger partial charge in [0.25, 0.3) is 0 Å². The van der Waals surface area contributed by atoms with Crippen molar-refractivity contribution in [2.45, 2.75) is 38.5 Å². The molecule has 0 aliphatic rings. The van der Waals surface area contributed by atoms with E-state index in [1.165, 1.54) is 18.4 Å². The first-order chi connectivity index (χ1) is 8.62. The molecule has 1 rings (SSSR count). The number of ether oxygens (including phenoxy) is 2. The van der Waals surface area contributed by atoms with Gasteiger partial charge in [-0.2, -0.15) is 0 Å². The second kappa shape index (κ2) is 7.52. The number of halogens is 1. The minimum absolute atomic E-state index is 0.169. The summed E-state index contributed by atoms with van der Waals surface area (Å²) in [6, 6.07) is 5.99. The van der Waals surface area contributed by atoms with Crippen molar-refractivity contribution in [1.29, 1.82) is 0 Å². The Morgan fingerprint density at radius 1 is 1.17 bits per heavy atom. The minimum atomic E-state index is 0.169. The number of methoxy groups -OCH3 is 2. The molecule has 1 aromatic carbocycles. The van der Waals surface area contributed by atoms with Crippen LogP contribution in [0.3, 0.4) is 0 Å². The molecule has 2 unspecified atom stereocenters. The van der Waals surface area contributed by atoms with Gasteiger partial charge in [-0.3, -0.25) is 0 Å². The van der Waals surface area contributed by atoms with Crippen molar-refractivity contribution in [3.05, 3.63) is 23.8 Å². The van der Waals surface area contributed by atoms with Crippen molar-refractivity contribution in [2.24, 2.45) is 5.92 Å². The quantitative estimate of drug-likeness (QED) is 0.688. The van der Waals surface area contributed by atoms with E-state index in [4.69, 9.17) is 21.1 Å². The number of hydrogen-bond donors (Lipinski definition) is 0. The predicted molar refractivity (Wildman–Crippen MR) is 77.0 cm³/mol. The van der Waals surface area contributed by atoms with Gasteiger partial charge in [-0.15, -0.1) is 11.6 Å². The Labute approximate surface area is 115 Å². The summed E-state index contributed by atoms with van der Waals surface area (Å²) in [5.74, 6) is 2.06. The molecule has 0 radical (unpaired) electrons. The van der Waals surface area contributed by atoms with Crippen LogP contribution in [0.4, 0.5) is 0 Å². The van der Waals surface area contributed by atoms with E-state index in [2.05, 4.69) is 19.9 Å². The summed E-state index contributed by atoms with van der Waals surface area (Å²) in [7, 11) is 3.30. The molecule has 0 aromatic heterocycles. The Morgan fingerprint density at radius 2 is 1.83 bits per heavy atom. The van der Waals surface area contributed by atoms with E-state index >= 15 is 0 Å². The predicted octanol–water partition coefficient (Wildman–Crippen LogP) is 4.29. The summed E-state index contributed by atoms with van der Waals surface area (Å²) >= 11 is 6.44. The van der Waals surface area contributed by atoms with Gasteiger partial charge in [0.05, 0.1) is 14.2 Å². The molecule has 1 aromatic rings. The molecule has 0 saturated heterocycles. The van der Waals surface area contributed by atoms with Crippen LogP contribution in [0.1, 0.15) is 32.3 Å². The van der Waals surface area contributed by atoms with Gasteiger partial charge in [0, 0.05) is 5.38 Å². The maximum atomic E-state index is 6.44. The molecule has 2 atom stereocenters. The highest BCUT2D eigenvalue weighted by Gasteiger charge is 2.15. The van der Waals surface area contributed by atoms with E-state index in [-0.39, 0.29) is 5.38 Å². The molecule has 2 nitrogen and oxygen atoms in total. The third-order valence-corrected chi connectivity index (χ3v) is 3.82. The van der Waals surface area contributed by atoms with Gasteiger partial charge < -0.3 is 9.47 Å². The third kappa shape index (κ3) is 4.09. The van der Waals surface area contributed by atoms with Gasteiger partial charge in [-0.05, 0) is 36.5 Å². The number of rotatable bonds is 7. The summed E-state index contributed by atoms with van der Waals surface area (Å²) in [5, 5.41) is 0.169. The van der Waals surface area contributed by atoms with Crippen molar-refractivity contribution in [3.8, 4) is 11.5 Å². The Balaban J connectivity index is 2.72. The van der Waals surface area contributed by atoms with Gasteiger partial charge >= 0.3 is 0 Å². The van der Waals surface area contributed by atoms with Gasteiger partial charge in [-0.25, -0.2) is 0 Å². The molecule has 102 valence electrons. The SMILES string of the molecule is CCCC(C)C(Cl)Cc1ccc(OC)c(OC)c1. The fourth-order valence-electron chi connectivity index (χ4n) is 2.07. The molecule has 3 heteroatoms. The maximum absolute atomic E-state index is 6.44. The summed E-state index contributed by atoms with van der Waals surface area (Å²) in [4.78, 5) is 0. The summed E-state index contributed by atoms with van der Waals surface area (Å²) in [5.41, 5.74) is 1.19. The van der Waals surface area contributed by atoms with Crippen LogP contribution in [0, 0.1) is 5.92 Å². The first-order valence-corrected chi connectivity index (χ1v) is 6.91. The van der Waals surface area contributed by atoms with Crippen LogP contribution in [0.2, 0.25) is 0 Å². The molecule has 18 heavy (non-hydrogen) atoms. The zero-order valence-corrected chi connectivity index (χ0v) is 12.5. The Hall–Kier alpha value is -0.890. The van der Waals surface area contributed by atoms with Crippen molar-refractivity contribution in [1.82, 2.24) is 0 Å². The molecule has 0 saturated carbocycles. The lowest BCUT2D eigenvalue weighted by Gasteiger charge is -2.18. The zero-order valence-electron chi connectivity index (χ0n) is 11.7. The normalized spacial score (nSPS) is 14.1. The highest BCUT2D eigenvalue weighted by atomic mass is 35.5.